The molecule has 0 atom stereocenters. The van der Waals surface area contributed by atoms with E-state index in [1.54, 1.807) is 18.3 Å². The second-order valence-corrected chi connectivity index (χ2v) is 7.53. The molecule has 0 radical (unpaired) electrons. The first-order valence-electron chi connectivity index (χ1n) is 7.99. The Morgan fingerprint density at radius 1 is 1.15 bits per heavy atom. The first-order chi connectivity index (χ1) is 12.5. The SMILES string of the molecule is Cc1cc(/C=N\NC(=O)c2ccc(I)cc2)c(C)n1-c1cccc(Cl)c1. The minimum Gasteiger partial charge on any atom is -0.318 e. The molecule has 0 aliphatic carbocycles. The van der Waals surface area contributed by atoms with Crippen LogP contribution < -0.4 is 5.43 Å². The maximum absolute atomic E-state index is 12.1. The van der Waals surface area contributed by atoms with E-state index in [4.69, 9.17) is 11.6 Å². The Morgan fingerprint density at radius 3 is 2.58 bits per heavy atom. The number of benzene rings is 2. The third-order valence-corrected chi connectivity index (χ3v) is 4.97. The molecule has 0 spiro atoms. The Labute approximate surface area is 171 Å². The van der Waals surface area contributed by atoms with E-state index in [9.17, 15) is 4.79 Å². The number of nitrogens with zero attached hydrogens (tertiary/aromatic N) is 2. The summed E-state index contributed by atoms with van der Waals surface area (Å²) in [5, 5.41) is 4.79. The van der Waals surface area contributed by atoms with Gasteiger partial charge >= 0.3 is 0 Å². The van der Waals surface area contributed by atoms with Gasteiger partial charge in [-0.25, -0.2) is 5.43 Å². The van der Waals surface area contributed by atoms with E-state index >= 15 is 0 Å². The summed E-state index contributed by atoms with van der Waals surface area (Å²) in [5.74, 6) is -0.235. The molecule has 26 heavy (non-hydrogen) atoms. The second-order valence-electron chi connectivity index (χ2n) is 5.85. The molecule has 0 unspecified atom stereocenters. The zero-order chi connectivity index (χ0) is 18.7. The van der Waals surface area contributed by atoms with Crippen molar-refractivity contribution in [3.8, 4) is 5.69 Å². The predicted octanol–water partition coefficient (Wildman–Crippen LogP) is 5.12. The normalized spacial score (nSPS) is 11.1. The van der Waals surface area contributed by atoms with Crippen LogP contribution in [-0.2, 0) is 0 Å². The van der Waals surface area contributed by atoms with E-state index < -0.39 is 0 Å². The van der Waals surface area contributed by atoms with Crippen LogP contribution in [0.1, 0.15) is 27.3 Å². The molecular formula is C20H17ClIN3O. The van der Waals surface area contributed by atoms with Crippen molar-refractivity contribution < 1.29 is 4.79 Å². The first-order valence-corrected chi connectivity index (χ1v) is 9.45. The average molecular weight is 478 g/mol. The van der Waals surface area contributed by atoms with Gasteiger partial charge in [0, 0.05) is 36.8 Å². The third kappa shape index (κ3) is 4.16. The summed E-state index contributed by atoms with van der Waals surface area (Å²) in [6.07, 6.45) is 1.66. The van der Waals surface area contributed by atoms with Crippen molar-refractivity contribution in [2.45, 2.75) is 13.8 Å². The monoisotopic (exact) mass is 477 g/mol. The lowest BCUT2D eigenvalue weighted by molar-refractivity contribution is 0.0955. The highest BCUT2D eigenvalue weighted by atomic mass is 127. The highest BCUT2D eigenvalue weighted by Gasteiger charge is 2.10. The lowest BCUT2D eigenvalue weighted by Gasteiger charge is -2.09. The van der Waals surface area contributed by atoms with Gasteiger partial charge in [-0.1, -0.05) is 17.7 Å². The number of hydrogen-bond donors (Lipinski definition) is 1. The maximum Gasteiger partial charge on any atom is 0.271 e. The molecule has 3 aromatic rings. The van der Waals surface area contributed by atoms with Gasteiger partial charge in [-0.05, 0) is 85.0 Å². The van der Waals surface area contributed by atoms with E-state index in [1.807, 2.05) is 56.3 Å². The molecule has 0 bridgehead atoms. The summed E-state index contributed by atoms with van der Waals surface area (Å²) in [6.45, 7) is 4.03. The molecule has 1 aromatic heterocycles. The molecule has 0 fully saturated rings. The van der Waals surface area contributed by atoms with E-state index in [0.717, 1.165) is 26.2 Å². The van der Waals surface area contributed by atoms with Gasteiger partial charge in [-0.15, -0.1) is 0 Å². The third-order valence-electron chi connectivity index (χ3n) is 4.01. The minimum atomic E-state index is -0.235. The van der Waals surface area contributed by atoms with Crippen molar-refractivity contribution in [1.82, 2.24) is 9.99 Å². The Bertz CT molecular complexity index is 977. The van der Waals surface area contributed by atoms with Crippen molar-refractivity contribution in [3.63, 3.8) is 0 Å². The van der Waals surface area contributed by atoms with Gasteiger partial charge in [0.2, 0.25) is 0 Å². The summed E-state index contributed by atoms with van der Waals surface area (Å²) >= 11 is 8.31. The molecule has 0 saturated carbocycles. The highest BCUT2D eigenvalue weighted by molar-refractivity contribution is 14.1. The smallest absolute Gasteiger partial charge is 0.271 e. The van der Waals surface area contributed by atoms with Crippen molar-refractivity contribution >= 4 is 46.3 Å². The molecule has 3 rings (SSSR count). The fourth-order valence-electron chi connectivity index (χ4n) is 2.76. The van der Waals surface area contributed by atoms with Crippen LogP contribution in [0.25, 0.3) is 5.69 Å². The Morgan fingerprint density at radius 2 is 1.88 bits per heavy atom. The van der Waals surface area contributed by atoms with Crippen LogP contribution in [0.5, 0.6) is 0 Å². The first kappa shape index (κ1) is 18.7. The molecule has 6 heteroatoms. The van der Waals surface area contributed by atoms with Crippen LogP contribution in [0.3, 0.4) is 0 Å². The number of carbonyl (C=O) groups is 1. The number of hydrogen-bond acceptors (Lipinski definition) is 2. The van der Waals surface area contributed by atoms with Gasteiger partial charge in [0.15, 0.2) is 0 Å². The van der Waals surface area contributed by atoms with Crippen LogP contribution in [-0.4, -0.2) is 16.7 Å². The lowest BCUT2D eigenvalue weighted by Crippen LogP contribution is -2.17. The van der Waals surface area contributed by atoms with Gasteiger partial charge in [0.25, 0.3) is 5.91 Å². The Hall–Kier alpha value is -2.12. The van der Waals surface area contributed by atoms with E-state index in [-0.39, 0.29) is 5.91 Å². The summed E-state index contributed by atoms with van der Waals surface area (Å²) in [5.41, 5.74) is 7.17. The number of hydrazone groups is 1. The molecule has 0 aliphatic heterocycles. The van der Waals surface area contributed by atoms with E-state index in [1.165, 1.54) is 0 Å². The molecule has 0 saturated heterocycles. The van der Waals surface area contributed by atoms with E-state index in [2.05, 4.69) is 37.7 Å². The van der Waals surface area contributed by atoms with Crippen molar-refractivity contribution in [2.24, 2.45) is 5.10 Å². The van der Waals surface area contributed by atoms with Crippen LogP contribution in [0, 0.1) is 17.4 Å². The maximum atomic E-state index is 12.1. The Balaban J connectivity index is 1.78. The topological polar surface area (TPSA) is 46.4 Å². The molecule has 1 amide bonds. The second kappa shape index (κ2) is 8.05. The zero-order valence-corrected chi connectivity index (χ0v) is 17.2. The zero-order valence-electron chi connectivity index (χ0n) is 14.3. The number of carbonyl (C=O) groups excluding carboxylic acids is 1. The number of halogens is 2. The van der Waals surface area contributed by atoms with Crippen LogP contribution >= 0.6 is 34.2 Å². The predicted molar refractivity (Wildman–Crippen MR) is 114 cm³/mol. The molecule has 0 aliphatic rings. The van der Waals surface area contributed by atoms with E-state index in [0.29, 0.717) is 10.6 Å². The van der Waals surface area contributed by atoms with Crippen LogP contribution in [0.15, 0.2) is 59.7 Å². The molecule has 4 nitrogen and oxygen atoms in total. The number of aromatic nitrogens is 1. The van der Waals surface area contributed by atoms with Crippen LogP contribution in [0.2, 0.25) is 5.02 Å². The van der Waals surface area contributed by atoms with Gasteiger partial charge in [0.05, 0.1) is 6.21 Å². The lowest BCUT2D eigenvalue weighted by atomic mass is 10.2. The average Bonchev–Trinajstić information content (AvgIpc) is 2.89. The minimum absolute atomic E-state index is 0.235. The molecule has 132 valence electrons. The molecule has 2 aromatic carbocycles. The fraction of sp³-hybridized carbons (Fsp3) is 0.100. The van der Waals surface area contributed by atoms with Crippen molar-refractivity contribution in [1.29, 1.82) is 0 Å². The molecule has 1 N–H and O–H groups in total. The summed E-state index contributed by atoms with van der Waals surface area (Å²) in [4.78, 5) is 12.1. The Kier molecular flexibility index (Phi) is 5.78. The standard InChI is InChI=1S/C20H17ClIN3O/c1-13-10-16(14(2)25(13)19-5-3-4-17(21)11-19)12-23-24-20(26)15-6-8-18(22)9-7-15/h3-12H,1-2H3,(H,24,26)/b23-12-. The summed E-state index contributed by atoms with van der Waals surface area (Å²) in [7, 11) is 0. The fourth-order valence-corrected chi connectivity index (χ4v) is 3.30. The highest BCUT2D eigenvalue weighted by Crippen LogP contribution is 2.22. The quantitative estimate of drug-likeness (QED) is 0.317. The van der Waals surface area contributed by atoms with Crippen molar-refractivity contribution in [2.75, 3.05) is 0 Å². The summed E-state index contributed by atoms with van der Waals surface area (Å²) in [6, 6.07) is 17.0. The molecular weight excluding hydrogens is 461 g/mol. The number of aryl methyl sites for hydroxylation is 1. The summed E-state index contributed by atoms with van der Waals surface area (Å²) < 4.78 is 3.19. The molecule has 1 heterocycles. The van der Waals surface area contributed by atoms with Gasteiger partial charge in [-0.2, -0.15) is 5.10 Å². The number of rotatable bonds is 4. The van der Waals surface area contributed by atoms with Gasteiger partial charge in [-0.3, -0.25) is 4.79 Å². The van der Waals surface area contributed by atoms with Gasteiger partial charge < -0.3 is 4.57 Å². The van der Waals surface area contributed by atoms with Gasteiger partial charge in [0.1, 0.15) is 0 Å². The van der Waals surface area contributed by atoms with Crippen LogP contribution in [0.4, 0.5) is 0 Å². The van der Waals surface area contributed by atoms with Crippen molar-refractivity contribution in [3.05, 3.63) is 85.7 Å². The number of amides is 1. The largest absolute Gasteiger partial charge is 0.318 e. The number of nitrogens with one attached hydrogen (secondary N) is 1.